The first-order valence-electron chi connectivity index (χ1n) is 6.16. The van der Waals surface area contributed by atoms with Gasteiger partial charge in [-0.3, -0.25) is 0 Å². The Labute approximate surface area is 111 Å². The fourth-order valence-corrected chi connectivity index (χ4v) is 4.50. The van der Waals surface area contributed by atoms with Gasteiger partial charge in [0.15, 0.2) is 0 Å². The van der Waals surface area contributed by atoms with Gasteiger partial charge in [-0.15, -0.1) is 11.3 Å². The van der Waals surface area contributed by atoms with Gasteiger partial charge in [0.2, 0.25) is 0 Å². The molecule has 0 aromatic carbocycles. The van der Waals surface area contributed by atoms with E-state index >= 15 is 0 Å². The van der Waals surface area contributed by atoms with E-state index in [0.29, 0.717) is 11.5 Å². The van der Waals surface area contributed by atoms with Crippen LogP contribution < -0.4 is 5.73 Å². The molecule has 1 aromatic heterocycles. The van der Waals surface area contributed by atoms with Gasteiger partial charge in [-0.1, -0.05) is 19.8 Å². The van der Waals surface area contributed by atoms with Crippen LogP contribution in [0.5, 0.6) is 0 Å². The summed E-state index contributed by atoms with van der Waals surface area (Å²) in [4.78, 5) is 1.42. The van der Waals surface area contributed by atoms with Crippen molar-refractivity contribution < 1.29 is 0 Å². The van der Waals surface area contributed by atoms with Gasteiger partial charge in [-0.05, 0) is 59.2 Å². The molecule has 1 atom stereocenters. The van der Waals surface area contributed by atoms with Crippen LogP contribution >= 0.6 is 27.3 Å². The monoisotopic (exact) mass is 301 g/mol. The van der Waals surface area contributed by atoms with Gasteiger partial charge in [0.05, 0.1) is 3.79 Å². The highest BCUT2D eigenvalue weighted by Gasteiger charge is 2.37. The summed E-state index contributed by atoms with van der Waals surface area (Å²) in [5.41, 5.74) is 6.88. The summed E-state index contributed by atoms with van der Waals surface area (Å²) in [5, 5.41) is 0. The highest BCUT2D eigenvalue weighted by Crippen LogP contribution is 2.44. The minimum Gasteiger partial charge on any atom is -0.327 e. The molecular formula is C13H20BrNS. The molecule has 1 aliphatic rings. The Morgan fingerprint density at radius 3 is 2.62 bits per heavy atom. The van der Waals surface area contributed by atoms with E-state index in [1.165, 1.54) is 40.8 Å². The second kappa shape index (κ2) is 5.19. The molecule has 2 rings (SSSR count). The van der Waals surface area contributed by atoms with Crippen LogP contribution in [0.1, 0.15) is 43.9 Å². The van der Waals surface area contributed by atoms with Crippen LogP contribution in [0, 0.1) is 5.41 Å². The van der Waals surface area contributed by atoms with E-state index in [2.05, 4.69) is 35.0 Å². The Kier molecular flexibility index (Phi) is 4.09. The van der Waals surface area contributed by atoms with Crippen molar-refractivity contribution in [3.63, 3.8) is 0 Å². The van der Waals surface area contributed by atoms with E-state index in [1.807, 2.05) is 11.3 Å². The molecule has 1 heterocycles. The van der Waals surface area contributed by atoms with Crippen LogP contribution in [0.2, 0.25) is 0 Å². The van der Waals surface area contributed by atoms with Crippen LogP contribution in [-0.2, 0) is 6.42 Å². The molecule has 0 radical (unpaired) electrons. The van der Waals surface area contributed by atoms with E-state index in [1.54, 1.807) is 0 Å². The molecule has 1 unspecified atom stereocenters. The summed E-state index contributed by atoms with van der Waals surface area (Å²) >= 11 is 5.33. The Morgan fingerprint density at radius 1 is 1.44 bits per heavy atom. The Balaban J connectivity index is 2.03. The molecule has 90 valence electrons. The molecule has 1 fully saturated rings. The van der Waals surface area contributed by atoms with Crippen LogP contribution in [0.4, 0.5) is 0 Å². The fraction of sp³-hybridized carbons (Fsp3) is 0.692. The molecule has 0 aliphatic heterocycles. The van der Waals surface area contributed by atoms with Gasteiger partial charge in [0, 0.05) is 10.9 Å². The lowest BCUT2D eigenvalue weighted by atomic mass is 9.75. The number of hydrogen-bond donors (Lipinski definition) is 1. The summed E-state index contributed by atoms with van der Waals surface area (Å²) in [6.45, 7) is 2.30. The third-order valence-corrected chi connectivity index (χ3v) is 5.79. The minimum absolute atomic E-state index is 0.338. The van der Waals surface area contributed by atoms with Crippen molar-refractivity contribution >= 4 is 27.3 Å². The van der Waals surface area contributed by atoms with Gasteiger partial charge < -0.3 is 5.73 Å². The second-order valence-corrected chi connectivity index (χ2v) is 7.49. The average Bonchev–Trinajstić information content (AvgIpc) is 2.88. The van der Waals surface area contributed by atoms with Crippen LogP contribution in [0.3, 0.4) is 0 Å². The molecule has 0 bridgehead atoms. The quantitative estimate of drug-likeness (QED) is 0.879. The number of nitrogens with two attached hydrogens (primary N) is 1. The number of thiophene rings is 1. The maximum absolute atomic E-state index is 6.46. The molecule has 0 saturated heterocycles. The molecule has 0 amide bonds. The summed E-state index contributed by atoms with van der Waals surface area (Å²) in [5.74, 6) is 0. The third-order valence-electron chi connectivity index (χ3n) is 4.14. The smallest absolute Gasteiger partial charge is 0.0701 e. The summed E-state index contributed by atoms with van der Waals surface area (Å²) < 4.78 is 1.21. The topological polar surface area (TPSA) is 26.0 Å². The van der Waals surface area contributed by atoms with Crippen LogP contribution in [0.15, 0.2) is 15.9 Å². The maximum Gasteiger partial charge on any atom is 0.0701 e. The summed E-state index contributed by atoms with van der Waals surface area (Å²) in [6.07, 6.45) is 7.69. The zero-order valence-corrected chi connectivity index (χ0v) is 12.2. The van der Waals surface area contributed by atoms with E-state index in [0.717, 1.165) is 6.42 Å². The number of rotatable bonds is 4. The molecule has 1 saturated carbocycles. The minimum atomic E-state index is 0.338. The van der Waals surface area contributed by atoms with Gasteiger partial charge in [0.1, 0.15) is 0 Å². The van der Waals surface area contributed by atoms with Crippen molar-refractivity contribution in [3.8, 4) is 0 Å². The van der Waals surface area contributed by atoms with E-state index in [9.17, 15) is 0 Å². The van der Waals surface area contributed by atoms with Crippen molar-refractivity contribution in [1.82, 2.24) is 0 Å². The highest BCUT2D eigenvalue weighted by atomic mass is 79.9. The van der Waals surface area contributed by atoms with Crippen LogP contribution in [-0.4, -0.2) is 6.04 Å². The van der Waals surface area contributed by atoms with Crippen LogP contribution in [0.25, 0.3) is 0 Å². The van der Waals surface area contributed by atoms with Gasteiger partial charge in [-0.2, -0.15) is 0 Å². The molecule has 1 aromatic rings. The Bertz CT molecular complexity index is 341. The van der Waals surface area contributed by atoms with Gasteiger partial charge >= 0.3 is 0 Å². The highest BCUT2D eigenvalue weighted by molar-refractivity contribution is 9.11. The van der Waals surface area contributed by atoms with Crippen molar-refractivity contribution in [2.75, 3.05) is 0 Å². The maximum atomic E-state index is 6.46. The lowest BCUT2D eigenvalue weighted by molar-refractivity contribution is 0.219. The SMILES string of the molecule is CCC1(C(N)Cc2ccc(Br)s2)CCCC1. The van der Waals surface area contributed by atoms with Gasteiger partial charge in [-0.25, -0.2) is 0 Å². The van der Waals surface area contributed by atoms with Crippen molar-refractivity contribution in [1.29, 1.82) is 0 Å². The Hall–Kier alpha value is 0.140. The third kappa shape index (κ3) is 2.52. The normalized spacial score (nSPS) is 21.2. The molecule has 1 nitrogen and oxygen atoms in total. The first-order valence-corrected chi connectivity index (χ1v) is 7.77. The molecule has 16 heavy (non-hydrogen) atoms. The predicted octanol–water partition coefficient (Wildman–Crippen LogP) is 4.35. The molecule has 1 aliphatic carbocycles. The van der Waals surface area contributed by atoms with E-state index < -0.39 is 0 Å². The molecular weight excluding hydrogens is 282 g/mol. The van der Waals surface area contributed by atoms with Gasteiger partial charge in [0.25, 0.3) is 0 Å². The summed E-state index contributed by atoms with van der Waals surface area (Å²) in [7, 11) is 0. The average molecular weight is 302 g/mol. The molecule has 2 N–H and O–H groups in total. The predicted molar refractivity (Wildman–Crippen MR) is 74.9 cm³/mol. The number of hydrogen-bond acceptors (Lipinski definition) is 2. The first-order chi connectivity index (χ1) is 7.66. The zero-order valence-electron chi connectivity index (χ0n) is 9.84. The van der Waals surface area contributed by atoms with Crippen molar-refractivity contribution in [3.05, 3.63) is 20.8 Å². The lowest BCUT2D eigenvalue weighted by Gasteiger charge is -2.34. The fourth-order valence-electron chi connectivity index (χ4n) is 2.96. The van der Waals surface area contributed by atoms with Crippen molar-refractivity contribution in [2.45, 2.75) is 51.5 Å². The van der Waals surface area contributed by atoms with Crippen molar-refractivity contribution in [2.24, 2.45) is 11.1 Å². The number of halogens is 1. The molecule has 3 heteroatoms. The second-order valence-electron chi connectivity index (χ2n) is 4.94. The zero-order chi connectivity index (χ0) is 11.6. The lowest BCUT2D eigenvalue weighted by Crippen LogP contribution is -2.40. The standard InChI is InChI=1S/C13H20BrNS/c1-2-13(7-3-4-8-13)11(15)9-10-5-6-12(14)16-10/h5-6,11H,2-4,7-9,15H2,1H3. The Morgan fingerprint density at radius 2 is 2.12 bits per heavy atom. The summed E-state index contributed by atoms with van der Waals surface area (Å²) in [6, 6.07) is 4.66. The molecule has 0 spiro atoms. The first kappa shape index (κ1) is 12.6. The van der Waals surface area contributed by atoms with E-state index in [-0.39, 0.29) is 0 Å². The van der Waals surface area contributed by atoms with E-state index in [4.69, 9.17) is 5.73 Å². The largest absolute Gasteiger partial charge is 0.327 e.